The summed E-state index contributed by atoms with van der Waals surface area (Å²) in [5, 5.41) is 10.8. The van der Waals surface area contributed by atoms with Gasteiger partial charge in [-0.2, -0.15) is 0 Å². The van der Waals surface area contributed by atoms with Crippen LogP contribution in [0, 0.1) is 0 Å². The van der Waals surface area contributed by atoms with Gasteiger partial charge in [-0.1, -0.05) is 15.9 Å². The van der Waals surface area contributed by atoms with E-state index in [4.69, 9.17) is 9.47 Å². The Kier molecular flexibility index (Phi) is 4.21. The lowest BCUT2D eigenvalue weighted by Crippen LogP contribution is -2.06. The first-order valence-corrected chi connectivity index (χ1v) is 6.70. The third kappa shape index (κ3) is 2.38. The second-order valence-corrected chi connectivity index (χ2v) is 5.33. The molecule has 0 spiro atoms. The van der Waals surface area contributed by atoms with Gasteiger partial charge in [0.1, 0.15) is 5.52 Å². The number of phenols is 1. The van der Waals surface area contributed by atoms with E-state index in [0.717, 1.165) is 9.86 Å². The molecule has 18 heavy (non-hydrogen) atoms. The number of benzene rings is 1. The summed E-state index contributed by atoms with van der Waals surface area (Å²) in [6.07, 6.45) is -0.549. The molecule has 2 aromatic rings. The van der Waals surface area contributed by atoms with Gasteiger partial charge in [-0.25, -0.2) is 4.98 Å². The van der Waals surface area contributed by atoms with E-state index in [1.165, 1.54) is 14.2 Å². The SMILES string of the molecule is COC(OC)c1ccc2c(Br)cc(Br)c(O)c2n1. The van der Waals surface area contributed by atoms with E-state index in [1.54, 1.807) is 12.1 Å². The molecule has 0 aliphatic carbocycles. The summed E-state index contributed by atoms with van der Waals surface area (Å²) in [4.78, 5) is 4.38. The van der Waals surface area contributed by atoms with Gasteiger partial charge in [-0.15, -0.1) is 0 Å². The number of hydrogen-bond acceptors (Lipinski definition) is 4. The second-order valence-electron chi connectivity index (χ2n) is 3.62. The molecule has 2 rings (SSSR count). The molecule has 0 saturated heterocycles. The Morgan fingerprint density at radius 2 is 1.83 bits per heavy atom. The molecule has 0 unspecified atom stereocenters. The van der Waals surface area contributed by atoms with Crippen molar-refractivity contribution in [2.24, 2.45) is 0 Å². The van der Waals surface area contributed by atoms with Gasteiger partial charge in [0, 0.05) is 24.1 Å². The highest BCUT2D eigenvalue weighted by molar-refractivity contribution is 9.11. The first-order chi connectivity index (χ1) is 8.58. The monoisotopic (exact) mass is 375 g/mol. The topological polar surface area (TPSA) is 51.6 Å². The number of fused-ring (bicyclic) bond motifs is 1. The molecule has 0 aliphatic rings. The highest BCUT2D eigenvalue weighted by atomic mass is 79.9. The van der Waals surface area contributed by atoms with Crippen molar-refractivity contribution in [1.29, 1.82) is 0 Å². The van der Waals surface area contributed by atoms with Crippen LogP contribution in [-0.4, -0.2) is 24.3 Å². The fourth-order valence-electron chi connectivity index (χ4n) is 1.69. The summed E-state index contributed by atoms with van der Waals surface area (Å²) < 4.78 is 11.7. The van der Waals surface area contributed by atoms with E-state index < -0.39 is 6.29 Å². The van der Waals surface area contributed by atoms with Gasteiger partial charge in [0.2, 0.25) is 6.29 Å². The zero-order valence-corrected chi connectivity index (χ0v) is 12.9. The van der Waals surface area contributed by atoms with Crippen LogP contribution in [0.1, 0.15) is 12.0 Å². The van der Waals surface area contributed by atoms with E-state index in [-0.39, 0.29) is 5.75 Å². The molecule has 0 atom stereocenters. The predicted octanol–water partition coefficient (Wildman–Crippen LogP) is 3.76. The van der Waals surface area contributed by atoms with E-state index in [1.807, 2.05) is 6.07 Å². The minimum atomic E-state index is -0.549. The summed E-state index contributed by atoms with van der Waals surface area (Å²) in [5.74, 6) is 0.0982. The molecule has 96 valence electrons. The number of ether oxygens (including phenoxy) is 2. The normalized spacial score (nSPS) is 11.4. The molecule has 0 bridgehead atoms. The van der Waals surface area contributed by atoms with Crippen molar-refractivity contribution >= 4 is 42.8 Å². The minimum Gasteiger partial charge on any atom is -0.505 e. The molecule has 1 N–H and O–H groups in total. The molecular weight excluding hydrogens is 366 g/mol. The lowest BCUT2D eigenvalue weighted by Gasteiger charge is -2.14. The third-order valence-electron chi connectivity index (χ3n) is 2.55. The zero-order chi connectivity index (χ0) is 13.3. The smallest absolute Gasteiger partial charge is 0.200 e. The van der Waals surface area contributed by atoms with Crippen molar-refractivity contribution in [2.45, 2.75) is 6.29 Å². The molecule has 1 heterocycles. The highest BCUT2D eigenvalue weighted by Gasteiger charge is 2.15. The summed E-state index contributed by atoms with van der Waals surface area (Å²) in [7, 11) is 3.08. The molecule has 0 radical (unpaired) electrons. The summed E-state index contributed by atoms with van der Waals surface area (Å²) in [6.45, 7) is 0. The second kappa shape index (κ2) is 5.52. The molecule has 1 aromatic heterocycles. The van der Waals surface area contributed by atoms with Gasteiger partial charge in [0.15, 0.2) is 5.75 Å². The largest absolute Gasteiger partial charge is 0.505 e. The van der Waals surface area contributed by atoms with E-state index >= 15 is 0 Å². The number of pyridine rings is 1. The van der Waals surface area contributed by atoms with Gasteiger partial charge >= 0.3 is 0 Å². The van der Waals surface area contributed by atoms with Crippen LogP contribution < -0.4 is 0 Å². The van der Waals surface area contributed by atoms with Crippen molar-refractivity contribution in [3.63, 3.8) is 0 Å². The third-order valence-corrected chi connectivity index (χ3v) is 3.81. The summed E-state index contributed by atoms with van der Waals surface area (Å²) >= 11 is 6.71. The fourth-order valence-corrected chi connectivity index (χ4v) is 2.96. The lowest BCUT2D eigenvalue weighted by atomic mass is 10.2. The van der Waals surface area contributed by atoms with Gasteiger partial charge in [-0.3, -0.25) is 0 Å². The molecular formula is C12H11Br2NO3. The van der Waals surface area contributed by atoms with Crippen molar-refractivity contribution in [3.8, 4) is 5.75 Å². The Morgan fingerprint density at radius 3 is 2.44 bits per heavy atom. The van der Waals surface area contributed by atoms with Crippen LogP contribution in [-0.2, 0) is 9.47 Å². The molecule has 1 aromatic carbocycles. The van der Waals surface area contributed by atoms with Crippen molar-refractivity contribution in [1.82, 2.24) is 4.98 Å². The van der Waals surface area contributed by atoms with Crippen LogP contribution in [0.3, 0.4) is 0 Å². The molecule has 0 aliphatic heterocycles. The van der Waals surface area contributed by atoms with Gasteiger partial charge in [-0.05, 0) is 34.1 Å². The summed E-state index contributed by atoms with van der Waals surface area (Å²) in [6, 6.07) is 5.44. The lowest BCUT2D eigenvalue weighted by molar-refractivity contribution is -0.108. The van der Waals surface area contributed by atoms with Gasteiger partial charge in [0.05, 0.1) is 10.2 Å². The Hall–Kier alpha value is -0.690. The fraction of sp³-hybridized carbons (Fsp3) is 0.250. The number of aromatic nitrogens is 1. The van der Waals surface area contributed by atoms with Crippen LogP contribution in [0.4, 0.5) is 0 Å². The number of rotatable bonds is 3. The molecule has 6 heteroatoms. The number of methoxy groups -OCH3 is 2. The van der Waals surface area contributed by atoms with E-state index in [9.17, 15) is 5.11 Å². The maximum atomic E-state index is 10.0. The van der Waals surface area contributed by atoms with Crippen LogP contribution in [0.15, 0.2) is 27.1 Å². The van der Waals surface area contributed by atoms with E-state index in [2.05, 4.69) is 36.8 Å². The molecule has 0 amide bonds. The van der Waals surface area contributed by atoms with Crippen LogP contribution in [0.5, 0.6) is 5.75 Å². The number of hydrogen-bond donors (Lipinski definition) is 1. The van der Waals surface area contributed by atoms with Gasteiger partial charge in [0.25, 0.3) is 0 Å². The predicted molar refractivity (Wildman–Crippen MR) is 75.6 cm³/mol. The van der Waals surface area contributed by atoms with Crippen molar-refractivity contribution in [2.75, 3.05) is 14.2 Å². The molecule has 4 nitrogen and oxygen atoms in total. The Bertz CT molecular complexity index is 585. The highest BCUT2D eigenvalue weighted by Crippen LogP contribution is 2.37. The average molecular weight is 377 g/mol. The standard InChI is InChI=1S/C12H11Br2NO3/c1-17-12(18-2)9-4-3-6-7(13)5-8(14)11(16)10(6)15-9/h3-5,12,16H,1-2H3. The Morgan fingerprint density at radius 1 is 1.17 bits per heavy atom. The van der Waals surface area contributed by atoms with Crippen LogP contribution in [0.2, 0.25) is 0 Å². The maximum Gasteiger partial charge on any atom is 0.200 e. The van der Waals surface area contributed by atoms with Crippen LogP contribution >= 0.6 is 31.9 Å². The van der Waals surface area contributed by atoms with Crippen molar-refractivity contribution < 1.29 is 14.6 Å². The molecule has 0 saturated carbocycles. The van der Waals surface area contributed by atoms with E-state index in [0.29, 0.717) is 15.7 Å². The van der Waals surface area contributed by atoms with Crippen molar-refractivity contribution in [3.05, 3.63) is 32.8 Å². The first kappa shape index (κ1) is 13.7. The first-order valence-electron chi connectivity index (χ1n) is 5.11. The summed E-state index contributed by atoms with van der Waals surface area (Å²) in [5.41, 5.74) is 1.10. The van der Waals surface area contributed by atoms with Gasteiger partial charge < -0.3 is 14.6 Å². The minimum absolute atomic E-state index is 0.0982. The number of aromatic hydroxyl groups is 1. The quantitative estimate of drug-likeness (QED) is 0.828. The van der Waals surface area contributed by atoms with Crippen LogP contribution in [0.25, 0.3) is 10.9 Å². The number of nitrogens with zero attached hydrogens (tertiary/aromatic N) is 1. The Balaban J connectivity index is 2.67. The number of phenolic OH excluding ortho intramolecular Hbond substituents is 1. The zero-order valence-electron chi connectivity index (χ0n) is 9.78. The molecule has 0 fully saturated rings. The number of halogens is 2. The maximum absolute atomic E-state index is 10.0. The average Bonchev–Trinajstić information content (AvgIpc) is 2.37. The Labute approximate surface area is 121 Å².